The van der Waals surface area contributed by atoms with Crippen LogP contribution in [0.5, 0.6) is 5.75 Å². The van der Waals surface area contributed by atoms with Gasteiger partial charge in [0.15, 0.2) is 0 Å². The number of hydrogen-bond acceptors (Lipinski definition) is 2. The fraction of sp³-hybridized carbons (Fsp3) is 0.417. The van der Waals surface area contributed by atoms with E-state index in [1.165, 1.54) is 18.2 Å². The van der Waals surface area contributed by atoms with Crippen molar-refractivity contribution in [3.05, 3.63) is 29.3 Å². The van der Waals surface area contributed by atoms with Crippen molar-refractivity contribution >= 4 is 5.91 Å². The minimum absolute atomic E-state index is 0.141. The summed E-state index contributed by atoms with van der Waals surface area (Å²) in [5.41, 5.74) is 1.06. The van der Waals surface area contributed by atoms with Crippen molar-refractivity contribution in [1.29, 1.82) is 0 Å². The first-order valence-corrected chi connectivity index (χ1v) is 5.58. The molecule has 1 heterocycles. The molecule has 1 aromatic carbocycles. The van der Waals surface area contributed by atoms with Gasteiger partial charge < -0.3 is 9.64 Å². The molecule has 0 atom stereocenters. The molecule has 0 unspecified atom stereocenters. The second-order valence-electron chi connectivity index (χ2n) is 4.00. The van der Waals surface area contributed by atoms with Crippen LogP contribution >= 0.6 is 0 Å². The Bertz CT molecular complexity index is 471. The number of rotatable bonds is 2. The smallest absolute Gasteiger partial charge is 0.406 e. The fourth-order valence-corrected chi connectivity index (χ4v) is 2.01. The Hall–Kier alpha value is -1.72. The van der Waals surface area contributed by atoms with Crippen LogP contribution < -0.4 is 4.74 Å². The van der Waals surface area contributed by atoms with Gasteiger partial charge in [0.2, 0.25) is 0 Å². The molecule has 0 saturated carbocycles. The Morgan fingerprint density at radius 2 is 2.11 bits per heavy atom. The van der Waals surface area contributed by atoms with Crippen molar-refractivity contribution in [3.8, 4) is 5.75 Å². The predicted molar refractivity (Wildman–Crippen MR) is 58.4 cm³/mol. The first-order chi connectivity index (χ1) is 8.40. The van der Waals surface area contributed by atoms with Gasteiger partial charge in [-0.3, -0.25) is 4.79 Å². The molecule has 0 N–H and O–H groups in total. The highest BCUT2D eigenvalue weighted by molar-refractivity contribution is 5.96. The third kappa shape index (κ3) is 2.57. The van der Waals surface area contributed by atoms with Crippen molar-refractivity contribution in [2.45, 2.75) is 19.7 Å². The number of halogens is 3. The van der Waals surface area contributed by atoms with Gasteiger partial charge in [0.1, 0.15) is 5.75 Å². The maximum atomic E-state index is 12.1. The van der Waals surface area contributed by atoms with Crippen LogP contribution in [0.3, 0.4) is 0 Å². The Morgan fingerprint density at radius 1 is 1.39 bits per heavy atom. The third-order valence-corrected chi connectivity index (χ3v) is 2.86. The molecule has 0 bridgehead atoms. The number of benzene rings is 1. The summed E-state index contributed by atoms with van der Waals surface area (Å²) in [6.45, 7) is 2.99. The minimum Gasteiger partial charge on any atom is -0.406 e. The lowest BCUT2D eigenvalue weighted by Crippen LogP contribution is -2.37. The Morgan fingerprint density at radius 3 is 2.72 bits per heavy atom. The van der Waals surface area contributed by atoms with Gasteiger partial charge in [-0.25, -0.2) is 0 Å². The zero-order valence-corrected chi connectivity index (χ0v) is 9.75. The van der Waals surface area contributed by atoms with Crippen molar-refractivity contribution in [3.63, 3.8) is 0 Å². The first-order valence-electron chi connectivity index (χ1n) is 5.58. The van der Waals surface area contributed by atoms with E-state index in [2.05, 4.69) is 4.74 Å². The highest BCUT2D eigenvalue weighted by Crippen LogP contribution is 2.27. The van der Waals surface area contributed by atoms with Crippen molar-refractivity contribution in [1.82, 2.24) is 4.90 Å². The van der Waals surface area contributed by atoms with E-state index < -0.39 is 6.36 Å². The van der Waals surface area contributed by atoms with E-state index in [4.69, 9.17) is 0 Å². The number of carbonyl (C=O) groups excluding carboxylic acids is 1. The van der Waals surface area contributed by atoms with Gasteiger partial charge in [0.25, 0.3) is 5.91 Å². The van der Waals surface area contributed by atoms with Crippen LogP contribution in [0.4, 0.5) is 13.2 Å². The molecule has 6 heteroatoms. The van der Waals surface area contributed by atoms with E-state index in [1.54, 1.807) is 4.90 Å². The lowest BCUT2D eigenvalue weighted by molar-refractivity contribution is -0.274. The van der Waals surface area contributed by atoms with Crippen molar-refractivity contribution < 1.29 is 22.7 Å². The zero-order valence-electron chi connectivity index (χ0n) is 9.75. The van der Waals surface area contributed by atoms with Crippen LogP contribution in [0.25, 0.3) is 0 Å². The maximum absolute atomic E-state index is 12.1. The third-order valence-electron chi connectivity index (χ3n) is 2.86. The van der Waals surface area contributed by atoms with Gasteiger partial charge in [-0.1, -0.05) is 0 Å². The summed E-state index contributed by atoms with van der Waals surface area (Å²) in [5, 5.41) is 0. The highest BCUT2D eigenvalue weighted by Gasteiger charge is 2.32. The normalized spacial score (nSPS) is 15.6. The number of carbonyl (C=O) groups is 1. The minimum atomic E-state index is -4.71. The molecule has 1 aliphatic rings. The van der Waals surface area contributed by atoms with Gasteiger partial charge in [-0.05, 0) is 37.1 Å². The quantitative estimate of drug-likeness (QED) is 0.817. The van der Waals surface area contributed by atoms with Gasteiger partial charge in [0, 0.05) is 18.7 Å². The number of ether oxygens (including phenoxy) is 1. The number of likely N-dealkylation sites (N-methyl/N-ethyl adjacent to an activating group) is 1. The van der Waals surface area contributed by atoms with Gasteiger partial charge in [0.05, 0.1) is 0 Å². The zero-order chi connectivity index (χ0) is 13.3. The van der Waals surface area contributed by atoms with E-state index in [1.807, 2.05) is 6.92 Å². The molecule has 1 amide bonds. The first kappa shape index (κ1) is 12.7. The topological polar surface area (TPSA) is 29.5 Å². The number of alkyl halides is 3. The number of amides is 1. The average molecular weight is 259 g/mol. The standard InChI is InChI=1S/C12H12F3NO2/c1-2-16-6-5-8-7-9(18-12(13,14)15)3-4-10(8)11(16)17/h3-4,7H,2,5-6H2,1H3. The van der Waals surface area contributed by atoms with E-state index in [9.17, 15) is 18.0 Å². The summed E-state index contributed by atoms with van der Waals surface area (Å²) in [7, 11) is 0. The SMILES string of the molecule is CCN1CCc2cc(OC(F)(F)F)ccc2C1=O. The molecule has 0 spiro atoms. The van der Waals surface area contributed by atoms with Crippen molar-refractivity contribution in [2.75, 3.05) is 13.1 Å². The lowest BCUT2D eigenvalue weighted by Gasteiger charge is -2.27. The molecule has 3 nitrogen and oxygen atoms in total. The largest absolute Gasteiger partial charge is 0.573 e. The van der Waals surface area contributed by atoms with E-state index in [0.29, 0.717) is 30.6 Å². The molecule has 98 valence electrons. The molecular formula is C12H12F3NO2. The Balaban J connectivity index is 2.27. The van der Waals surface area contributed by atoms with Crippen LogP contribution in [-0.4, -0.2) is 30.3 Å². The summed E-state index contributed by atoms with van der Waals surface area (Å²) in [6, 6.07) is 3.84. The van der Waals surface area contributed by atoms with Crippen LogP contribution in [-0.2, 0) is 6.42 Å². The van der Waals surface area contributed by atoms with Crippen LogP contribution in [0, 0.1) is 0 Å². The molecule has 18 heavy (non-hydrogen) atoms. The number of fused-ring (bicyclic) bond motifs is 1. The van der Waals surface area contributed by atoms with Crippen LogP contribution in [0.2, 0.25) is 0 Å². The number of nitrogens with zero attached hydrogens (tertiary/aromatic N) is 1. The summed E-state index contributed by atoms with van der Waals surface area (Å²) in [5.74, 6) is -0.420. The van der Waals surface area contributed by atoms with Gasteiger partial charge >= 0.3 is 6.36 Å². The summed E-state index contributed by atoms with van der Waals surface area (Å²) >= 11 is 0. The monoisotopic (exact) mass is 259 g/mol. The van der Waals surface area contributed by atoms with Gasteiger partial charge in [-0.2, -0.15) is 0 Å². The summed E-state index contributed by atoms with van der Waals surface area (Å²) < 4.78 is 40.0. The highest BCUT2D eigenvalue weighted by atomic mass is 19.4. The molecule has 0 saturated heterocycles. The van der Waals surface area contributed by atoms with E-state index in [-0.39, 0.29) is 11.7 Å². The molecule has 0 fully saturated rings. The van der Waals surface area contributed by atoms with Gasteiger partial charge in [-0.15, -0.1) is 13.2 Å². The summed E-state index contributed by atoms with van der Waals surface area (Å²) in [4.78, 5) is 13.6. The Labute approximate surface area is 102 Å². The molecule has 2 rings (SSSR count). The summed E-state index contributed by atoms with van der Waals surface area (Å²) in [6.07, 6.45) is -4.16. The van der Waals surface area contributed by atoms with E-state index in [0.717, 1.165) is 0 Å². The molecule has 0 aliphatic carbocycles. The average Bonchev–Trinajstić information content (AvgIpc) is 2.27. The molecule has 1 aromatic rings. The van der Waals surface area contributed by atoms with Crippen LogP contribution in [0.15, 0.2) is 18.2 Å². The Kier molecular flexibility index (Phi) is 3.19. The fourth-order valence-electron chi connectivity index (χ4n) is 2.01. The molecule has 0 radical (unpaired) electrons. The lowest BCUT2D eigenvalue weighted by atomic mass is 9.99. The second kappa shape index (κ2) is 4.51. The predicted octanol–water partition coefficient (Wildman–Crippen LogP) is 2.60. The molecular weight excluding hydrogens is 247 g/mol. The number of hydrogen-bond donors (Lipinski definition) is 0. The second-order valence-corrected chi connectivity index (χ2v) is 4.00. The maximum Gasteiger partial charge on any atom is 0.573 e. The molecule has 0 aromatic heterocycles. The van der Waals surface area contributed by atoms with Crippen molar-refractivity contribution in [2.24, 2.45) is 0 Å². The van der Waals surface area contributed by atoms with E-state index >= 15 is 0 Å². The van der Waals surface area contributed by atoms with Crippen LogP contribution in [0.1, 0.15) is 22.8 Å². The molecule has 1 aliphatic heterocycles.